The zero-order chi connectivity index (χ0) is 17.6. The van der Waals surface area contributed by atoms with Crippen molar-refractivity contribution in [3.63, 3.8) is 0 Å². The summed E-state index contributed by atoms with van der Waals surface area (Å²) in [5, 5.41) is 11.0. The monoisotopic (exact) mass is 419 g/mol. The highest BCUT2D eigenvalue weighted by Crippen LogP contribution is 2.26. The Kier molecular flexibility index (Phi) is 10.7. The van der Waals surface area contributed by atoms with E-state index in [1.165, 1.54) is 12.8 Å². The van der Waals surface area contributed by atoms with Crippen molar-refractivity contribution >= 4 is 36.5 Å². The van der Waals surface area contributed by atoms with Gasteiger partial charge < -0.3 is 15.5 Å². The normalized spacial score (nSPS) is 22.4. The van der Waals surface area contributed by atoms with Gasteiger partial charge in [-0.2, -0.15) is 5.10 Å². The Morgan fingerprint density at radius 2 is 2.07 bits per heavy atom. The third-order valence-electron chi connectivity index (χ3n) is 5.94. The highest BCUT2D eigenvalue weighted by molar-refractivity contribution is 5.90. The average Bonchev–Trinajstić information content (AvgIpc) is 3.10. The van der Waals surface area contributed by atoms with Crippen LogP contribution in [0.3, 0.4) is 0 Å². The molecular weight excluding hydrogens is 385 g/mol. The minimum Gasteiger partial charge on any atom is -0.316 e. The molecule has 2 N–H and O–H groups in total. The zero-order valence-corrected chi connectivity index (χ0v) is 18.2. The number of amides is 1. The van der Waals surface area contributed by atoms with E-state index in [1.54, 1.807) is 6.20 Å². The molecule has 3 rings (SSSR count). The molecule has 27 heavy (non-hydrogen) atoms. The molecule has 2 aliphatic rings. The van der Waals surface area contributed by atoms with Crippen LogP contribution in [0, 0.1) is 11.8 Å². The number of likely N-dealkylation sites (tertiary alicyclic amines) is 1. The molecule has 1 aromatic heterocycles. The molecule has 3 heterocycles. The van der Waals surface area contributed by atoms with E-state index in [0.29, 0.717) is 24.3 Å². The maximum atomic E-state index is 12.5. The molecule has 2 aliphatic heterocycles. The Morgan fingerprint density at radius 1 is 1.33 bits per heavy atom. The van der Waals surface area contributed by atoms with Crippen molar-refractivity contribution in [2.24, 2.45) is 11.8 Å². The Hall–Kier alpha value is -0.820. The van der Waals surface area contributed by atoms with Crippen LogP contribution in [0.5, 0.6) is 0 Å². The maximum absolute atomic E-state index is 12.5. The Bertz CT molecular complexity index is 554. The van der Waals surface area contributed by atoms with Gasteiger partial charge in [-0.3, -0.25) is 4.79 Å². The molecule has 0 spiro atoms. The summed E-state index contributed by atoms with van der Waals surface area (Å²) < 4.78 is 2.03. The van der Waals surface area contributed by atoms with Gasteiger partial charge in [0.05, 0.1) is 12.2 Å². The van der Waals surface area contributed by atoms with Crippen molar-refractivity contribution in [1.82, 2.24) is 20.0 Å². The number of halogens is 2. The molecule has 0 aliphatic carbocycles. The minimum atomic E-state index is 0. The van der Waals surface area contributed by atoms with E-state index in [9.17, 15) is 4.79 Å². The largest absolute Gasteiger partial charge is 0.316 e. The molecule has 156 valence electrons. The van der Waals surface area contributed by atoms with Gasteiger partial charge in [-0.25, -0.2) is 4.68 Å². The van der Waals surface area contributed by atoms with Crippen LogP contribution in [-0.2, 0) is 4.79 Å². The third kappa shape index (κ3) is 6.63. The molecule has 1 aromatic rings. The van der Waals surface area contributed by atoms with Gasteiger partial charge in [-0.05, 0) is 57.2 Å². The van der Waals surface area contributed by atoms with Gasteiger partial charge in [0.1, 0.15) is 5.82 Å². The number of nitrogens with one attached hydrogen (secondary N) is 2. The molecule has 8 heteroatoms. The first-order chi connectivity index (χ1) is 12.2. The van der Waals surface area contributed by atoms with Crippen molar-refractivity contribution < 1.29 is 4.79 Å². The summed E-state index contributed by atoms with van der Waals surface area (Å²) in [5.74, 6) is 2.00. The molecule has 0 saturated carbocycles. The SMILES string of the molecule is CCN1CCC(n2nccc2NC(=O)CC(C)C2CCCNC2)CC1.Cl.Cl. The van der Waals surface area contributed by atoms with Crippen LogP contribution in [0.15, 0.2) is 12.3 Å². The van der Waals surface area contributed by atoms with E-state index in [4.69, 9.17) is 0 Å². The summed E-state index contributed by atoms with van der Waals surface area (Å²) in [6, 6.07) is 2.32. The van der Waals surface area contributed by atoms with Crippen molar-refractivity contribution in [1.29, 1.82) is 0 Å². The smallest absolute Gasteiger partial charge is 0.225 e. The van der Waals surface area contributed by atoms with Crippen molar-refractivity contribution in [2.45, 2.75) is 52.0 Å². The summed E-state index contributed by atoms with van der Waals surface area (Å²) in [7, 11) is 0. The molecule has 2 fully saturated rings. The van der Waals surface area contributed by atoms with Crippen LogP contribution in [0.25, 0.3) is 0 Å². The fourth-order valence-electron chi connectivity index (χ4n) is 4.20. The Labute approximate surface area is 175 Å². The summed E-state index contributed by atoms with van der Waals surface area (Å²) in [6.07, 6.45) is 7.04. The first-order valence-electron chi connectivity index (χ1n) is 9.93. The van der Waals surface area contributed by atoms with Crippen molar-refractivity contribution in [2.75, 3.05) is 38.0 Å². The second-order valence-corrected chi connectivity index (χ2v) is 7.66. The second-order valence-electron chi connectivity index (χ2n) is 7.66. The maximum Gasteiger partial charge on any atom is 0.225 e. The average molecular weight is 420 g/mol. The molecule has 2 atom stereocenters. The number of hydrogen-bond acceptors (Lipinski definition) is 4. The summed E-state index contributed by atoms with van der Waals surface area (Å²) in [4.78, 5) is 15.0. The van der Waals surface area contributed by atoms with E-state index in [-0.39, 0.29) is 30.7 Å². The number of piperidine rings is 2. The predicted molar refractivity (Wildman–Crippen MR) is 115 cm³/mol. The van der Waals surface area contributed by atoms with Gasteiger partial charge in [0.25, 0.3) is 0 Å². The lowest BCUT2D eigenvalue weighted by atomic mass is 9.85. The van der Waals surface area contributed by atoms with Crippen molar-refractivity contribution in [3.8, 4) is 0 Å². The van der Waals surface area contributed by atoms with E-state index < -0.39 is 0 Å². The highest BCUT2D eigenvalue weighted by Gasteiger charge is 2.24. The van der Waals surface area contributed by atoms with Gasteiger partial charge in [-0.1, -0.05) is 13.8 Å². The number of hydrogen-bond donors (Lipinski definition) is 2. The van der Waals surface area contributed by atoms with Gasteiger partial charge in [-0.15, -0.1) is 24.8 Å². The van der Waals surface area contributed by atoms with Crippen LogP contribution in [0.2, 0.25) is 0 Å². The van der Waals surface area contributed by atoms with Crippen LogP contribution in [0.1, 0.15) is 52.0 Å². The molecule has 6 nitrogen and oxygen atoms in total. The van der Waals surface area contributed by atoms with Crippen molar-refractivity contribution in [3.05, 3.63) is 12.3 Å². The van der Waals surface area contributed by atoms with E-state index >= 15 is 0 Å². The van der Waals surface area contributed by atoms with Crippen LogP contribution < -0.4 is 10.6 Å². The summed E-state index contributed by atoms with van der Waals surface area (Å²) in [6.45, 7) is 9.91. The first kappa shape index (κ1) is 24.2. The molecule has 2 unspecified atom stereocenters. The number of aromatic nitrogens is 2. The number of rotatable bonds is 6. The molecule has 1 amide bonds. The zero-order valence-electron chi connectivity index (χ0n) is 16.5. The van der Waals surface area contributed by atoms with Crippen LogP contribution >= 0.6 is 24.8 Å². The highest BCUT2D eigenvalue weighted by atomic mass is 35.5. The lowest BCUT2D eigenvalue weighted by molar-refractivity contribution is -0.117. The van der Waals surface area contributed by atoms with Crippen LogP contribution in [0.4, 0.5) is 5.82 Å². The molecular formula is C19H35Cl2N5O. The summed E-state index contributed by atoms with van der Waals surface area (Å²) >= 11 is 0. The molecule has 0 radical (unpaired) electrons. The van der Waals surface area contributed by atoms with E-state index in [1.807, 2.05) is 10.7 Å². The lowest BCUT2D eigenvalue weighted by Crippen LogP contribution is -2.35. The van der Waals surface area contributed by atoms with E-state index in [2.05, 4.69) is 34.5 Å². The second kappa shape index (κ2) is 11.9. The number of carbonyl (C=O) groups is 1. The van der Waals surface area contributed by atoms with Crippen LogP contribution in [-0.4, -0.2) is 53.3 Å². The van der Waals surface area contributed by atoms with Gasteiger partial charge >= 0.3 is 0 Å². The number of nitrogens with zero attached hydrogens (tertiary/aromatic N) is 3. The third-order valence-corrected chi connectivity index (χ3v) is 5.94. The lowest BCUT2D eigenvalue weighted by Gasteiger charge is -2.32. The fourth-order valence-corrected chi connectivity index (χ4v) is 4.20. The van der Waals surface area contributed by atoms with Gasteiger partial charge in [0.15, 0.2) is 0 Å². The van der Waals surface area contributed by atoms with Gasteiger partial charge in [0.2, 0.25) is 5.91 Å². The molecule has 2 saturated heterocycles. The first-order valence-corrected chi connectivity index (χ1v) is 9.93. The molecule has 0 aromatic carbocycles. The minimum absolute atomic E-state index is 0. The van der Waals surface area contributed by atoms with Gasteiger partial charge in [0, 0.05) is 25.6 Å². The summed E-state index contributed by atoms with van der Waals surface area (Å²) in [5.41, 5.74) is 0. The fraction of sp³-hybridized carbons (Fsp3) is 0.789. The van der Waals surface area contributed by atoms with E-state index in [0.717, 1.165) is 51.4 Å². The predicted octanol–water partition coefficient (Wildman–Crippen LogP) is 3.35. The topological polar surface area (TPSA) is 62.2 Å². The quantitative estimate of drug-likeness (QED) is 0.741. The standard InChI is InChI=1S/C19H33N5O.2ClH/c1-3-23-11-7-17(8-12-23)24-18(6-10-21-24)22-19(25)13-15(2)16-5-4-9-20-14-16;;/h6,10,15-17,20H,3-5,7-9,11-14H2,1-2H3,(H,22,25);2*1H. The molecule has 0 bridgehead atoms. The Morgan fingerprint density at radius 3 is 2.70 bits per heavy atom. The Balaban J connectivity index is 0.00000182. The number of carbonyl (C=O) groups excluding carboxylic acids is 1. The number of anilines is 1.